The molecule has 0 spiro atoms. The Hall–Kier alpha value is -4.24. The topological polar surface area (TPSA) is 114 Å². The Morgan fingerprint density at radius 2 is 2.00 bits per heavy atom. The number of anilines is 2. The number of aryl methyl sites for hydroxylation is 2. The molecule has 1 amide bonds. The van der Waals surface area contributed by atoms with Crippen molar-refractivity contribution in [2.75, 3.05) is 25.6 Å². The third-order valence-electron chi connectivity index (χ3n) is 4.98. The van der Waals surface area contributed by atoms with Crippen LogP contribution >= 0.6 is 0 Å². The summed E-state index contributed by atoms with van der Waals surface area (Å²) in [5.74, 6) is 1.95. The molecule has 34 heavy (non-hydrogen) atoms. The van der Waals surface area contributed by atoms with E-state index in [0.717, 1.165) is 39.4 Å². The smallest absolute Gasteiger partial charge is 0.246 e. The Labute approximate surface area is 197 Å². The average Bonchev–Trinajstić information content (AvgIpc) is 3.24. The van der Waals surface area contributed by atoms with Crippen molar-refractivity contribution in [2.45, 2.75) is 13.8 Å². The number of carbonyl (C=O) groups is 1. The van der Waals surface area contributed by atoms with Crippen molar-refractivity contribution in [1.29, 1.82) is 0 Å². The van der Waals surface area contributed by atoms with Gasteiger partial charge in [0.1, 0.15) is 29.9 Å². The van der Waals surface area contributed by atoms with Crippen molar-refractivity contribution in [3.05, 3.63) is 71.9 Å². The minimum atomic E-state index is -0.164. The molecule has 9 heteroatoms. The number of ether oxygens (including phenoxy) is 2. The van der Waals surface area contributed by atoms with Crippen LogP contribution in [-0.4, -0.2) is 46.1 Å². The fraction of sp³-hybridized carbons (Fsp3) is 0.200. The number of benzene rings is 1. The van der Waals surface area contributed by atoms with E-state index in [1.807, 2.05) is 62.4 Å². The molecule has 0 bridgehead atoms. The zero-order chi connectivity index (χ0) is 23.9. The van der Waals surface area contributed by atoms with E-state index in [9.17, 15) is 4.79 Å². The highest BCUT2D eigenvalue weighted by Gasteiger charge is 2.09. The molecule has 0 aliphatic heterocycles. The van der Waals surface area contributed by atoms with Crippen LogP contribution in [0.15, 0.2) is 55.0 Å². The zero-order valence-corrected chi connectivity index (χ0v) is 19.3. The van der Waals surface area contributed by atoms with Crippen LogP contribution in [0.3, 0.4) is 0 Å². The maximum atomic E-state index is 11.4. The standard InChI is InChI=1S/C25H26N6O3/c1-16-11-19(7-9-22(16)34-20-8-6-17(2)27-13-20)31-25-24-21(28-15-29-25)12-18(30-24)5-4-10-26-23(32)14-33-3/h4-9,11-13,15,30H,10,14H2,1-3H3,(H,26,32)(H,28,29,31). The maximum Gasteiger partial charge on any atom is 0.246 e. The van der Waals surface area contributed by atoms with Crippen molar-refractivity contribution >= 4 is 34.5 Å². The van der Waals surface area contributed by atoms with Crippen LogP contribution in [0, 0.1) is 13.8 Å². The van der Waals surface area contributed by atoms with E-state index in [-0.39, 0.29) is 12.5 Å². The number of carbonyl (C=O) groups excluding carboxylic acids is 1. The van der Waals surface area contributed by atoms with Gasteiger partial charge in [-0.1, -0.05) is 6.08 Å². The average molecular weight is 459 g/mol. The number of aromatic nitrogens is 4. The van der Waals surface area contributed by atoms with E-state index < -0.39 is 0 Å². The summed E-state index contributed by atoms with van der Waals surface area (Å²) in [6, 6.07) is 11.6. The van der Waals surface area contributed by atoms with E-state index in [1.54, 1.807) is 6.20 Å². The highest BCUT2D eigenvalue weighted by molar-refractivity contribution is 5.89. The Morgan fingerprint density at radius 3 is 2.76 bits per heavy atom. The van der Waals surface area contributed by atoms with Crippen LogP contribution in [0.5, 0.6) is 11.5 Å². The molecular formula is C25H26N6O3. The number of aromatic amines is 1. The van der Waals surface area contributed by atoms with Crippen LogP contribution in [0.2, 0.25) is 0 Å². The maximum absolute atomic E-state index is 11.4. The first-order chi connectivity index (χ1) is 16.5. The lowest BCUT2D eigenvalue weighted by molar-refractivity contribution is -0.124. The highest BCUT2D eigenvalue weighted by Crippen LogP contribution is 2.29. The van der Waals surface area contributed by atoms with Gasteiger partial charge in [0.05, 0.1) is 11.7 Å². The van der Waals surface area contributed by atoms with Gasteiger partial charge in [0.15, 0.2) is 5.82 Å². The third kappa shape index (κ3) is 5.76. The number of hydrogen-bond donors (Lipinski definition) is 3. The summed E-state index contributed by atoms with van der Waals surface area (Å²) >= 11 is 0. The first-order valence-corrected chi connectivity index (χ1v) is 10.8. The number of nitrogens with zero attached hydrogens (tertiary/aromatic N) is 3. The van der Waals surface area contributed by atoms with Crippen molar-refractivity contribution in [1.82, 2.24) is 25.3 Å². The van der Waals surface area contributed by atoms with E-state index in [1.165, 1.54) is 13.4 Å². The van der Waals surface area contributed by atoms with E-state index in [2.05, 4.69) is 30.6 Å². The molecule has 0 saturated carbocycles. The van der Waals surface area contributed by atoms with Crippen LogP contribution in [-0.2, 0) is 9.53 Å². The molecule has 174 valence electrons. The van der Waals surface area contributed by atoms with Gasteiger partial charge in [0, 0.05) is 30.7 Å². The second-order valence-electron chi connectivity index (χ2n) is 7.69. The first kappa shape index (κ1) is 22.9. The van der Waals surface area contributed by atoms with Crippen LogP contribution in [0.4, 0.5) is 11.5 Å². The van der Waals surface area contributed by atoms with Crippen molar-refractivity contribution in [3.63, 3.8) is 0 Å². The Bertz CT molecular complexity index is 1310. The van der Waals surface area contributed by atoms with Gasteiger partial charge in [0.2, 0.25) is 5.91 Å². The van der Waals surface area contributed by atoms with Crippen LogP contribution in [0.1, 0.15) is 17.0 Å². The molecule has 4 rings (SSSR count). The number of rotatable bonds is 9. The minimum Gasteiger partial charge on any atom is -0.455 e. The zero-order valence-electron chi connectivity index (χ0n) is 19.3. The predicted octanol–water partition coefficient (Wildman–Crippen LogP) is 4.28. The van der Waals surface area contributed by atoms with Gasteiger partial charge >= 0.3 is 0 Å². The largest absolute Gasteiger partial charge is 0.455 e. The molecule has 3 heterocycles. The summed E-state index contributed by atoms with van der Waals surface area (Å²) < 4.78 is 10.7. The lowest BCUT2D eigenvalue weighted by Gasteiger charge is -2.12. The van der Waals surface area contributed by atoms with Gasteiger partial charge < -0.3 is 25.1 Å². The van der Waals surface area contributed by atoms with Gasteiger partial charge in [-0.25, -0.2) is 9.97 Å². The van der Waals surface area contributed by atoms with Crippen molar-refractivity contribution in [3.8, 4) is 11.5 Å². The molecule has 0 unspecified atom stereocenters. The Balaban J connectivity index is 1.46. The number of methoxy groups -OCH3 is 1. The lowest BCUT2D eigenvalue weighted by Crippen LogP contribution is -2.26. The second-order valence-corrected chi connectivity index (χ2v) is 7.69. The molecule has 3 N–H and O–H groups in total. The summed E-state index contributed by atoms with van der Waals surface area (Å²) in [6.45, 7) is 4.37. The SMILES string of the molecule is COCC(=O)NCC=Cc1cc2ncnc(Nc3ccc(Oc4ccc(C)nc4)c(C)c3)c2[nH]1. The lowest BCUT2D eigenvalue weighted by atomic mass is 10.2. The second kappa shape index (κ2) is 10.6. The van der Waals surface area contributed by atoms with Crippen LogP contribution < -0.4 is 15.4 Å². The predicted molar refractivity (Wildman–Crippen MR) is 131 cm³/mol. The Morgan fingerprint density at radius 1 is 1.12 bits per heavy atom. The van der Waals surface area contributed by atoms with Gasteiger partial charge in [-0.3, -0.25) is 9.78 Å². The number of amides is 1. The molecule has 0 fully saturated rings. The van der Waals surface area contributed by atoms with Gasteiger partial charge in [-0.2, -0.15) is 0 Å². The Kier molecular flexibility index (Phi) is 7.14. The highest BCUT2D eigenvalue weighted by atomic mass is 16.5. The number of hydrogen-bond acceptors (Lipinski definition) is 7. The molecule has 0 radical (unpaired) electrons. The fourth-order valence-corrected chi connectivity index (χ4v) is 3.30. The number of H-pyrrole nitrogens is 1. The third-order valence-corrected chi connectivity index (χ3v) is 4.98. The molecule has 3 aromatic heterocycles. The summed E-state index contributed by atoms with van der Waals surface area (Å²) in [6.07, 6.45) is 6.97. The van der Waals surface area contributed by atoms with Crippen molar-refractivity contribution in [2.24, 2.45) is 0 Å². The normalized spacial score (nSPS) is 11.1. The molecule has 0 aliphatic rings. The fourth-order valence-electron chi connectivity index (χ4n) is 3.30. The molecule has 0 aliphatic carbocycles. The molecule has 9 nitrogen and oxygen atoms in total. The van der Waals surface area contributed by atoms with Gasteiger partial charge in [-0.15, -0.1) is 0 Å². The number of pyridine rings is 1. The van der Waals surface area contributed by atoms with Crippen LogP contribution in [0.25, 0.3) is 17.1 Å². The first-order valence-electron chi connectivity index (χ1n) is 10.8. The molecular weight excluding hydrogens is 432 g/mol. The minimum absolute atomic E-state index is 0.0422. The van der Waals surface area contributed by atoms with Gasteiger partial charge in [0.25, 0.3) is 0 Å². The summed E-state index contributed by atoms with van der Waals surface area (Å²) in [5.41, 5.74) is 5.21. The summed E-state index contributed by atoms with van der Waals surface area (Å²) in [5, 5.41) is 6.09. The molecule has 0 atom stereocenters. The number of fused-ring (bicyclic) bond motifs is 1. The molecule has 4 aromatic rings. The monoisotopic (exact) mass is 458 g/mol. The van der Waals surface area contributed by atoms with E-state index in [4.69, 9.17) is 9.47 Å². The van der Waals surface area contributed by atoms with Gasteiger partial charge in [-0.05, 0) is 61.9 Å². The van der Waals surface area contributed by atoms with Crippen molar-refractivity contribution < 1.29 is 14.3 Å². The summed E-state index contributed by atoms with van der Waals surface area (Å²) in [7, 11) is 1.49. The molecule has 0 saturated heterocycles. The summed E-state index contributed by atoms with van der Waals surface area (Å²) in [4.78, 5) is 27.8. The van der Waals surface area contributed by atoms with E-state index in [0.29, 0.717) is 18.1 Å². The number of nitrogens with one attached hydrogen (secondary N) is 3. The molecule has 1 aromatic carbocycles. The quantitative estimate of drug-likeness (QED) is 0.343. The van der Waals surface area contributed by atoms with E-state index >= 15 is 0 Å².